The summed E-state index contributed by atoms with van der Waals surface area (Å²) in [5, 5.41) is 20.6. The molecule has 1 aromatic carbocycles. The highest BCUT2D eigenvalue weighted by atomic mass is 127. The Kier molecular flexibility index (Phi) is 4.52. The summed E-state index contributed by atoms with van der Waals surface area (Å²) < 4.78 is 1.01. The van der Waals surface area contributed by atoms with Gasteiger partial charge in [0.1, 0.15) is 18.0 Å². The van der Waals surface area contributed by atoms with E-state index in [2.05, 4.69) is 21.2 Å². The number of phenols is 1. The van der Waals surface area contributed by atoms with Gasteiger partial charge in [0.25, 0.3) is 5.91 Å². The van der Waals surface area contributed by atoms with Gasteiger partial charge in [-0.15, -0.1) is 0 Å². The van der Waals surface area contributed by atoms with Gasteiger partial charge in [0.15, 0.2) is 0 Å². The van der Waals surface area contributed by atoms with Crippen LogP contribution in [-0.4, -0.2) is 39.6 Å². The summed E-state index contributed by atoms with van der Waals surface area (Å²) >= 11 is 5.10. The van der Waals surface area contributed by atoms with Crippen molar-refractivity contribution < 1.29 is 24.6 Å². The van der Waals surface area contributed by atoms with Crippen molar-refractivity contribution in [2.75, 3.05) is 6.54 Å². The number of hydrogen-bond acceptors (Lipinski definition) is 4. The van der Waals surface area contributed by atoms with Crippen LogP contribution in [0.25, 0.3) is 6.08 Å². The number of aromatic hydroxyl groups is 1. The molecule has 0 radical (unpaired) electrons. The lowest BCUT2D eigenvalue weighted by Crippen LogP contribution is -2.35. The van der Waals surface area contributed by atoms with E-state index in [0.717, 1.165) is 0 Å². The fourth-order valence-corrected chi connectivity index (χ4v) is 3.18. The van der Waals surface area contributed by atoms with Crippen molar-refractivity contribution in [1.82, 2.24) is 10.2 Å². The lowest BCUT2D eigenvalue weighted by atomic mass is 10.2. The quantitative estimate of drug-likeness (QED) is 0.357. The largest absolute Gasteiger partial charge is 0.506 e. The van der Waals surface area contributed by atoms with Gasteiger partial charge in [0.2, 0.25) is 0 Å². The van der Waals surface area contributed by atoms with E-state index in [1.165, 1.54) is 6.08 Å². The van der Waals surface area contributed by atoms with Crippen LogP contribution in [-0.2, 0) is 9.59 Å². The van der Waals surface area contributed by atoms with E-state index in [-0.39, 0.29) is 11.4 Å². The number of rotatable bonds is 3. The first-order valence-electron chi connectivity index (χ1n) is 5.54. The molecular formula is C12H8BrIN2O5. The van der Waals surface area contributed by atoms with Crippen molar-refractivity contribution in [2.24, 2.45) is 0 Å². The summed E-state index contributed by atoms with van der Waals surface area (Å²) in [7, 11) is 0. The van der Waals surface area contributed by atoms with Gasteiger partial charge < -0.3 is 15.5 Å². The number of halogens is 2. The van der Waals surface area contributed by atoms with Crippen LogP contribution in [0.1, 0.15) is 5.56 Å². The van der Waals surface area contributed by atoms with Crippen molar-refractivity contribution in [1.29, 1.82) is 0 Å². The van der Waals surface area contributed by atoms with E-state index in [1.54, 1.807) is 12.1 Å². The fourth-order valence-electron chi connectivity index (χ4n) is 1.69. The Bertz CT molecular complexity index is 665. The Balaban J connectivity index is 2.33. The van der Waals surface area contributed by atoms with Crippen LogP contribution >= 0.6 is 38.5 Å². The monoisotopic (exact) mass is 466 g/mol. The maximum Gasteiger partial charge on any atom is 0.329 e. The number of hydrogen-bond donors (Lipinski definition) is 3. The molecule has 0 unspecified atom stereocenters. The number of nitrogens with one attached hydrogen (secondary N) is 1. The molecule has 0 aliphatic carbocycles. The lowest BCUT2D eigenvalue weighted by Gasteiger charge is -2.07. The average molecular weight is 467 g/mol. The molecule has 110 valence electrons. The first-order valence-corrected chi connectivity index (χ1v) is 7.41. The van der Waals surface area contributed by atoms with Crippen molar-refractivity contribution in [3.8, 4) is 5.75 Å². The number of carbonyl (C=O) groups excluding carboxylic acids is 2. The molecule has 1 heterocycles. The molecule has 1 aliphatic heterocycles. The second-order valence-electron chi connectivity index (χ2n) is 4.11. The Morgan fingerprint density at radius 2 is 2.10 bits per heavy atom. The van der Waals surface area contributed by atoms with E-state index < -0.39 is 24.5 Å². The number of amides is 3. The SMILES string of the molecule is O=C(O)CN1C(=O)N/C(=C/c2cc(Br)c(O)c(I)c2)C1=O. The third-order valence-corrected chi connectivity index (χ3v) is 4.03. The molecular weight excluding hydrogens is 459 g/mol. The van der Waals surface area contributed by atoms with Gasteiger partial charge in [0, 0.05) is 0 Å². The Hall–Kier alpha value is -1.62. The molecule has 1 saturated heterocycles. The van der Waals surface area contributed by atoms with Gasteiger partial charge in [-0.1, -0.05) is 0 Å². The zero-order valence-electron chi connectivity index (χ0n) is 10.3. The molecule has 1 aromatic rings. The standard InChI is InChI=1S/C12H8BrIN2O5/c13-6-1-5(2-7(14)10(6)19)3-8-11(20)16(4-9(17)18)12(21)15-8/h1-3,19H,4H2,(H,15,21)(H,17,18)/b8-3+. The summed E-state index contributed by atoms with van der Waals surface area (Å²) in [6, 6.07) is 2.41. The summed E-state index contributed by atoms with van der Waals surface area (Å²) in [6.07, 6.45) is 1.41. The molecule has 0 atom stereocenters. The highest BCUT2D eigenvalue weighted by Gasteiger charge is 2.34. The Labute approximate surface area is 140 Å². The number of phenolic OH excluding ortho intramolecular Hbond substituents is 1. The Morgan fingerprint density at radius 1 is 1.43 bits per heavy atom. The Morgan fingerprint density at radius 3 is 2.67 bits per heavy atom. The number of aliphatic carboxylic acids is 1. The van der Waals surface area contributed by atoms with E-state index in [1.807, 2.05) is 22.6 Å². The topological polar surface area (TPSA) is 107 Å². The second kappa shape index (κ2) is 6.02. The van der Waals surface area contributed by atoms with Crippen molar-refractivity contribution in [2.45, 2.75) is 0 Å². The fraction of sp³-hybridized carbons (Fsp3) is 0.0833. The van der Waals surface area contributed by atoms with Crippen LogP contribution in [0.3, 0.4) is 0 Å². The average Bonchev–Trinajstić information content (AvgIpc) is 2.63. The number of imide groups is 1. The van der Waals surface area contributed by atoms with Gasteiger partial charge in [-0.25, -0.2) is 9.69 Å². The van der Waals surface area contributed by atoms with Crippen molar-refractivity contribution >= 4 is 62.5 Å². The van der Waals surface area contributed by atoms with Crippen molar-refractivity contribution in [3.05, 3.63) is 31.4 Å². The zero-order chi connectivity index (χ0) is 15.7. The minimum atomic E-state index is -1.28. The molecule has 3 N–H and O–H groups in total. The first-order chi connectivity index (χ1) is 9.79. The van der Waals surface area contributed by atoms with Crippen molar-refractivity contribution in [3.63, 3.8) is 0 Å². The van der Waals surface area contributed by atoms with E-state index in [4.69, 9.17) is 5.11 Å². The van der Waals surface area contributed by atoms with Crippen LogP contribution in [0.4, 0.5) is 4.79 Å². The summed E-state index contributed by atoms with van der Waals surface area (Å²) in [4.78, 5) is 34.7. The summed E-state index contributed by atoms with van der Waals surface area (Å²) in [6.45, 7) is -0.696. The molecule has 0 spiro atoms. The molecule has 9 heteroatoms. The molecule has 21 heavy (non-hydrogen) atoms. The van der Waals surface area contributed by atoms with Crippen LogP contribution in [0.5, 0.6) is 5.75 Å². The van der Waals surface area contributed by atoms with Gasteiger partial charge >= 0.3 is 12.0 Å². The van der Waals surface area contributed by atoms with E-state index in [0.29, 0.717) is 18.5 Å². The van der Waals surface area contributed by atoms with Gasteiger partial charge in [-0.3, -0.25) is 9.59 Å². The number of carboxylic acid groups (broad SMARTS) is 1. The normalized spacial score (nSPS) is 16.5. The molecule has 3 amide bonds. The number of urea groups is 1. The van der Waals surface area contributed by atoms with E-state index >= 15 is 0 Å². The van der Waals surface area contributed by atoms with Gasteiger partial charge in [-0.2, -0.15) is 0 Å². The minimum Gasteiger partial charge on any atom is -0.506 e. The highest BCUT2D eigenvalue weighted by Crippen LogP contribution is 2.31. The third kappa shape index (κ3) is 3.35. The van der Waals surface area contributed by atoms with Gasteiger partial charge in [0.05, 0.1) is 8.04 Å². The maximum atomic E-state index is 11.9. The maximum absolute atomic E-state index is 11.9. The molecule has 7 nitrogen and oxygen atoms in total. The molecule has 0 bridgehead atoms. The first kappa shape index (κ1) is 15.8. The molecule has 0 aromatic heterocycles. The van der Waals surface area contributed by atoms with Crippen LogP contribution < -0.4 is 5.32 Å². The third-order valence-electron chi connectivity index (χ3n) is 2.61. The number of carbonyl (C=O) groups is 3. The lowest BCUT2D eigenvalue weighted by molar-refractivity contribution is -0.140. The zero-order valence-corrected chi connectivity index (χ0v) is 14.0. The summed E-state index contributed by atoms with van der Waals surface area (Å²) in [5.74, 6) is -1.91. The van der Waals surface area contributed by atoms with E-state index in [9.17, 15) is 19.5 Å². The number of benzene rings is 1. The second-order valence-corrected chi connectivity index (χ2v) is 6.12. The predicted octanol–water partition coefficient (Wildman–Crippen LogP) is 1.74. The highest BCUT2D eigenvalue weighted by molar-refractivity contribution is 14.1. The smallest absolute Gasteiger partial charge is 0.329 e. The molecule has 0 saturated carbocycles. The van der Waals surface area contributed by atoms with Crippen LogP contribution in [0.2, 0.25) is 0 Å². The minimum absolute atomic E-state index is 0.0189. The number of carboxylic acids is 1. The summed E-state index contributed by atoms with van der Waals surface area (Å²) in [5.41, 5.74) is 0.555. The molecule has 1 fully saturated rings. The number of nitrogens with zero attached hydrogens (tertiary/aromatic N) is 1. The van der Waals surface area contributed by atoms with Gasteiger partial charge in [-0.05, 0) is 62.3 Å². The predicted molar refractivity (Wildman–Crippen MR) is 84.4 cm³/mol. The van der Waals surface area contributed by atoms with Crippen LogP contribution in [0, 0.1) is 3.57 Å². The molecule has 1 aliphatic rings. The molecule has 2 rings (SSSR count). The van der Waals surface area contributed by atoms with Crippen LogP contribution in [0.15, 0.2) is 22.3 Å².